The van der Waals surface area contributed by atoms with Gasteiger partial charge in [-0.1, -0.05) is 140 Å². The average molecular weight is 613 g/mol. The molecule has 0 atom stereocenters. The molecule has 0 amide bonds. The molecular formula is C42H80N2. The summed E-state index contributed by atoms with van der Waals surface area (Å²) >= 11 is 0. The van der Waals surface area contributed by atoms with Crippen molar-refractivity contribution in [2.24, 2.45) is 0 Å². The van der Waals surface area contributed by atoms with Crippen molar-refractivity contribution in [2.75, 3.05) is 40.3 Å². The second-order valence-electron chi connectivity index (χ2n) is 13.5. The molecule has 0 bridgehead atoms. The Morgan fingerprint density at radius 3 is 0.977 bits per heavy atom. The first-order valence-corrected chi connectivity index (χ1v) is 19.7. The lowest BCUT2D eigenvalue weighted by Gasteiger charge is -2.23. The minimum atomic E-state index is 1.12. The first-order valence-electron chi connectivity index (χ1n) is 19.7. The van der Waals surface area contributed by atoms with Gasteiger partial charge in [-0.05, 0) is 130 Å². The van der Waals surface area contributed by atoms with Crippen LogP contribution < -0.4 is 0 Å². The van der Waals surface area contributed by atoms with Crippen LogP contribution in [0.1, 0.15) is 181 Å². The largest absolute Gasteiger partial charge is 0.309 e. The summed E-state index contributed by atoms with van der Waals surface area (Å²) in [6.07, 6.45) is 53.8. The molecule has 2 heteroatoms. The number of nitrogens with zero attached hydrogens (tertiary/aromatic N) is 2. The van der Waals surface area contributed by atoms with E-state index in [2.05, 4.69) is 86.4 Å². The summed E-state index contributed by atoms with van der Waals surface area (Å²) < 4.78 is 0. The zero-order valence-corrected chi connectivity index (χ0v) is 30.7. The Morgan fingerprint density at radius 2 is 0.614 bits per heavy atom. The fourth-order valence-electron chi connectivity index (χ4n) is 5.75. The first kappa shape index (κ1) is 42.9. The van der Waals surface area contributed by atoms with Crippen LogP contribution in [-0.2, 0) is 0 Å². The van der Waals surface area contributed by atoms with E-state index in [0.717, 1.165) is 12.8 Å². The van der Waals surface area contributed by atoms with Crippen molar-refractivity contribution in [1.82, 2.24) is 9.80 Å². The quantitative estimate of drug-likeness (QED) is 0.0519. The summed E-state index contributed by atoms with van der Waals surface area (Å²) in [5, 5.41) is 0. The first-order chi connectivity index (χ1) is 21.7. The molecule has 0 fully saturated rings. The molecule has 0 heterocycles. The number of unbranched alkanes of at least 4 members (excludes halogenated alkanes) is 19. The minimum absolute atomic E-state index is 1.12. The van der Waals surface area contributed by atoms with Gasteiger partial charge in [0.1, 0.15) is 0 Å². The summed E-state index contributed by atoms with van der Waals surface area (Å²) in [6, 6.07) is 0. The molecule has 258 valence electrons. The standard InChI is InChI=1S/C42H80N2/c1-5-7-9-11-13-15-17-19-21-23-25-27-29-31-33-35-40-44(42-38-37-39-43(3)4)41-36-34-32-30-28-26-24-22-20-18-16-14-12-10-8-6-2/h13-16,19-22H,5-12,17-18,23-42H2,1-4H3/b15-13-,16-14-,21-19-,22-20-. The van der Waals surface area contributed by atoms with Crippen LogP contribution in [0.5, 0.6) is 0 Å². The topological polar surface area (TPSA) is 6.48 Å². The van der Waals surface area contributed by atoms with E-state index in [4.69, 9.17) is 0 Å². The van der Waals surface area contributed by atoms with E-state index >= 15 is 0 Å². The van der Waals surface area contributed by atoms with E-state index in [9.17, 15) is 0 Å². The van der Waals surface area contributed by atoms with Gasteiger partial charge in [-0.15, -0.1) is 0 Å². The van der Waals surface area contributed by atoms with E-state index in [1.54, 1.807) is 0 Å². The predicted molar refractivity (Wildman–Crippen MR) is 203 cm³/mol. The van der Waals surface area contributed by atoms with Crippen LogP contribution in [0.4, 0.5) is 0 Å². The van der Waals surface area contributed by atoms with Crippen LogP contribution in [0.25, 0.3) is 0 Å². The second kappa shape index (κ2) is 38.1. The van der Waals surface area contributed by atoms with Gasteiger partial charge in [0.25, 0.3) is 0 Å². The van der Waals surface area contributed by atoms with Crippen LogP contribution in [0, 0.1) is 0 Å². The van der Waals surface area contributed by atoms with Crippen molar-refractivity contribution >= 4 is 0 Å². The molecule has 44 heavy (non-hydrogen) atoms. The Bertz CT molecular complexity index is 596. The normalized spacial score (nSPS) is 12.6. The summed E-state index contributed by atoms with van der Waals surface area (Å²) in [7, 11) is 4.40. The van der Waals surface area contributed by atoms with Gasteiger partial charge in [0.15, 0.2) is 0 Å². The molecule has 0 aliphatic carbocycles. The third-order valence-corrected chi connectivity index (χ3v) is 8.68. The molecule has 0 aliphatic heterocycles. The number of allylic oxidation sites excluding steroid dienone is 8. The van der Waals surface area contributed by atoms with Gasteiger partial charge in [-0.3, -0.25) is 0 Å². The predicted octanol–water partition coefficient (Wildman–Crippen LogP) is 13.3. The van der Waals surface area contributed by atoms with Crippen molar-refractivity contribution in [2.45, 2.75) is 181 Å². The van der Waals surface area contributed by atoms with Gasteiger partial charge < -0.3 is 9.80 Å². The second-order valence-corrected chi connectivity index (χ2v) is 13.5. The molecule has 0 aliphatic rings. The lowest BCUT2D eigenvalue weighted by molar-refractivity contribution is 0.250. The van der Waals surface area contributed by atoms with Crippen LogP contribution in [0.3, 0.4) is 0 Å². The highest BCUT2D eigenvalue weighted by atomic mass is 15.1. The van der Waals surface area contributed by atoms with Crippen LogP contribution in [0.2, 0.25) is 0 Å². The molecule has 0 unspecified atom stereocenters. The third-order valence-electron chi connectivity index (χ3n) is 8.68. The van der Waals surface area contributed by atoms with E-state index in [-0.39, 0.29) is 0 Å². The van der Waals surface area contributed by atoms with Crippen molar-refractivity contribution in [3.8, 4) is 0 Å². The number of hydrogen-bond donors (Lipinski definition) is 0. The summed E-state index contributed by atoms with van der Waals surface area (Å²) in [6.45, 7) is 9.71. The van der Waals surface area contributed by atoms with Gasteiger partial charge in [0.05, 0.1) is 0 Å². The van der Waals surface area contributed by atoms with Crippen LogP contribution in [-0.4, -0.2) is 50.1 Å². The third kappa shape index (κ3) is 37.1. The SMILES string of the molecule is CCCCC/C=C\C/C=C\CCCCCCCCN(CCCCCCCC/C=C\C/C=C\CCCCC)CCCCN(C)C. The highest BCUT2D eigenvalue weighted by Crippen LogP contribution is 2.12. The molecular weight excluding hydrogens is 532 g/mol. The Balaban J connectivity index is 3.83. The lowest BCUT2D eigenvalue weighted by atomic mass is 10.1. The molecule has 2 nitrogen and oxygen atoms in total. The zero-order chi connectivity index (χ0) is 32.0. The smallest absolute Gasteiger partial charge is 0.00183 e. The van der Waals surface area contributed by atoms with Gasteiger partial charge in [0, 0.05) is 0 Å². The fraction of sp³-hybridized carbons (Fsp3) is 0.810. The minimum Gasteiger partial charge on any atom is -0.309 e. The fourth-order valence-corrected chi connectivity index (χ4v) is 5.75. The molecule has 0 saturated carbocycles. The van der Waals surface area contributed by atoms with Gasteiger partial charge in [-0.25, -0.2) is 0 Å². The maximum Gasteiger partial charge on any atom is -0.00183 e. The lowest BCUT2D eigenvalue weighted by Crippen LogP contribution is -2.28. The maximum absolute atomic E-state index is 2.79. The van der Waals surface area contributed by atoms with Gasteiger partial charge in [0.2, 0.25) is 0 Å². The number of rotatable bonds is 35. The summed E-state index contributed by atoms with van der Waals surface area (Å²) in [4.78, 5) is 5.12. The summed E-state index contributed by atoms with van der Waals surface area (Å²) in [5.41, 5.74) is 0. The average Bonchev–Trinajstić information content (AvgIpc) is 3.02. The maximum atomic E-state index is 2.79. The molecule has 0 aromatic heterocycles. The molecule has 0 radical (unpaired) electrons. The van der Waals surface area contributed by atoms with Crippen molar-refractivity contribution in [1.29, 1.82) is 0 Å². The molecule has 0 aromatic rings. The Hall–Kier alpha value is -1.12. The van der Waals surface area contributed by atoms with Gasteiger partial charge in [-0.2, -0.15) is 0 Å². The Kier molecular flexibility index (Phi) is 37.1. The highest BCUT2D eigenvalue weighted by molar-refractivity contribution is 4.93. The zero-order valence-electron chi connectivity index (χ0n) is 30.7. The van der Waals surface area contributed by atoms with Crippen LogP contribution >= 0.6 is 0 Å². The van der Waals surface area contributed by atoms with E-state index in [1.807, 2.05) is 0 Å². The monoisotopic (exact) mass is 613 g/mol. The molecule has 0 aromatic carbocycles. The molecule has 0 spiro atoms. The summed E-state index contributed by atoms with van der Waals surface area (Å²) in [5.74, 6) is 0. The van der Waals surface area contributed by atoms with Gasteiger partial charge >= 0.3 is 0 Å². The Labute approximate surface area is 278 Å². The highest BCUT2D eigenvalue weighted by Gasteiger charge is 2.05. The van der Waals surface area contributed by atoms with Crippen molar-refractivity contribution < 1.29 is 0 Å². The van der Waals surface area contributed by atoms with Crippen LogP contribution in [0.15, 0.2) is 48.6 Å². The van der Waals surface area contributed by atoms with E-state index in [0.29, 0.717) is 0 Å². The van der Waals surface area contributed by atoms with E-state index in [1.165, 1.54) is 180 Å². The van der Waals surface area contributed by atoms with Crippen molar-refractivity contribution in [3.05, 3.63) is 48.6 Å². The molecule has 0 saturated heterocycles. The Morgan fingerprint density at radius 1 is 0.318 bits per heavy atom. The van der Waals surface area contributed by atoms with Crippen molar-refractivity contribution in [3.63, 3.8) is 0 Å². The van der Waals surface area contributed by atoms with E-state index < -0.39 is 0 Å². The molecule has 0 rings (SSSR count). The number of hydrogen-bond acceptors (Lipinski definition) is 2. The molecule has 0 N–H and O–H groups in total.